The van der Waals surface area contributed by atoms with E-state index in [1.807, 2.05) is 0 Å². The average molecular weight is 283 g/mol. The Bertz CT molecular complexity index is 519. The fraction of sp³-hybridized carbons (Fsp3) is 0.462. The molecule has 1 aliphatic heterocycles. The van der Waals surface area contributed by atoms with Gasteiger partial charge in [0, 0.05) is 25.0 Å². The summed E-state index contributed by atoms with van der Waals surface area (Å²) in [6, 6.07) is 4.68. The van der Waals surface area contributed by atoms with Crippen molar-refractivity contribution in [2.75, 3.05) is 19.0 Å². The van der Waals surface area contributed by atoms with Gasteiger partial charge in [-0.3, -0.25) is 14.9 Å². The Morgan fingerprint density at radius 3 is 2.89 bits per heavy atom. The third-order valence-corrected chi connectivity index (χ3v) is 3.89. The van der Waals surface area contributed by atoms with Crippen molar-refractivity contribution in [3.05, 3.63) is 39.4 Å². The molecule has 0 aliphatic carbocycles. The molecule has 1 aliphatic rings. The van der Waals surface area contributed by atoms with Crippen molar-refractivity contribution in [3.8, 4) is 0 Å². The molecule has 1 unspecified atom stereocenters. The lowest BCUT2D eigenvalue weighted by atomic mass is 10.1. The Hall–Kier alpha value is -1.62. The monoisotopic (exact) mass is 282 g/mol. The summed E-state index contributed by atoms with van der Waals surface area (Å²) in [7, 11) is 0. The number of carbonyl (C=O) groups is 1. The van der Waals surface area contributed by atoms with Crippen molar-refractivity contribution >= 4 is 23.2 Å². The van der Waals surface area contributed by atoms with Gasteiger partial charge in [0.15, 0.2) is 0 Å². The molecule has 0 saturated carbocycles. The highest BCUT2D eigenvalue weighted by Crippen LogP contribution is 2.26. The van der Waals surface area contributed by atoms with E-state index in [1.165, 1.54) is 6.07 Å². The SMILES string of the molecule is Cc1cccc([N+](=O)[O-])c1C(=O)N1CCC(CCl)C1. The van der Waals surface area contributed by atoms with Crippen LogP contribution in [0.15, 0.2) is 18.2 Å². The molecule has 2 rings (SSSR count). The second-order valence-corrected chi connectivity index (χ2v) is 5.09. The number of benzene rings is 1. The molecule has 1 aromatic rings. The molecule has 1 heterocycles. The number of rotatable bonds is 3. The minimum Gasteiger partial charge on any atom is -0.338 e. The molecule has 6 heteroatoms. The topological polar surface area (TPSA) is 63.5 Å². The number of nitrogens with zero attached hydrogens (tertiary/aromatic N) is 2. The highest BCUT2D eigenvalue weighted by atomic mass is 35.5. The van der Waals surface area contributed by atoms with Crippen LogP contribution in [0, 0.1) is 23.0 Å². The molecular weight excluding hydrogens is 268 g/mol. The van der Waals surface area contributed by atoms with Crippen LogP contribution in [0.1, 0.15) is 22.3 Å². The molecule has 1 amide bonds. The number of hydrogen-bond donors (Lipinski definition) is 0. The van der Waals surface area contributed by atoms with Crippen molar-refractivity contribution in [1.82, 2.24) is 4.90 Å². The van der Waals surface area contributed by atoms with Crippen molar-refractivity contribution in [2.45, 2.75) is 13.3 Å². The normalized spacial score (nSPS) is 18.6. The summed E-state index contributed by atoms with van der Waals surface area (Å²) in [5, 5.41) is 11.0. The molecule has 19 heavy (non-hydrogen) atoms. The van der Waals surface area contributed by atoms with E-state index in [4.69, 9.17) is 11.6 Å². The molecule has 1 atom stereocenters. The van der Waals surface area contributed by atoms with Gasteiger partial charge in [-0.1, -0.05) is 12.1 Å². The van der Waals surface area contributed by atoms with E-state index in [2.05, 4.69) is 0 Å². The van der Waals surface area contributed by atoms with E-state index >= 15 is 0 Å². The third-order valence-electron chi connectivity index (χ3n) is 3.45. The van der Waals surface area contributed by atoms with Gasteiger partial charge < -0.3 is 4.90 Å². The van der Waals surface area contributed by atoms with E-state index in [9.17, 15) is 14.9 Å². The maximum Gasteiger partial charge on any atom is 0.282 e. The van der Waals surface area contributed by atoms with Crippen LogP contribution in [0.3, 0.4) is 0 Å². The minimum atomic E-state index is -0.505. The first kappa shape index (κ1) is 13.8. The Balaban J connectivity index is 2.31. The number of alkyl halides is 1. The predicted octanol–water partition coefficient (Wildman–Crippen LogP) is 2.60. The second-order valence-electron chi connectivity index (χ2n) is 4.79. The van der Waals surface area contributed by atoms with Gasteiger partial charge in [0.25, 0.3) is 11.6 Å². The summed E-state index contributed by atoms with van der Waals surface area (Å²) < 4.78 is 0. The zero-order valence-electron chi connectivity index (χ0n) is 10.6. The van der Waals surface area contributed by atoms with Crippen LogP contribution < -0.4 is 0 Å². The molecular formula is C13H15ClN2O3. The third kappa shape index (κ3) is 2.71. The van der Waals surface area contributed by atoms with Crippen LogP contribution in [-0.2, 0) is 0 Å². The molecule has 5 nitrogen and oxygen atoms in total. The number of nitro groups is 1. The Morgan fingerprint density at radius 1 is 1.58 bits per heavy atom. The van der Waals surface area contributed by atoms with Crippen molar-refractivity contribution in [1.29, 1.82) is 0 Å². The fourth-order valence-electron chi connectivity index (χ4n) is 2.38. The lowest BCUT2D eigenvalue weighted by Crippen LogP contribution is -2.30. The van der Waals surface area contributed by atoms with Crippen LogP contribution in [0.2, 0.25) is 0 Å². The van der Waals surface area contributed by atoms with E-state index in [0.29, 0.717) is 24.5 Å². The van der Waals surface area contributed by atoms with E-state index in [1.54, 1.807) is 24.0 Å². The van der Waals surface area contributed by atoms with Crippen molar-refractivity contribution in [3.63, 3.8) is 0 Å². The van der Waals surface area contributed by atoms with E-state index in [0.717, 1.165) is 6.42 Å². The maximum absolute atomic E-state index is 12.4. The van der Waals surface area contributed by atoms with Gasteiger partial charge in [0.1, 0.15) is 5.56 Å². The smallest absolute Gasteiger partial charge is 0.282 e. The fourth-order valence-corrected chi connectivity index (χ4v) is 2.64. The summed E-state index contributed by atoms with van der Waals surface area (Å²) in [4.78, 5) is 24.6. The summed E-state index contributed by atoms with van der Waals surface area (Å²) in [5.74, 6) is 0.533. The van der Waals surface area contributed by atoms with Gasteiger partial charge in [-0.05, 0) is 24.8 Å². The van der Waals surface area contributed by atoms with Crippen LogP contribution >= 0.6 is 11.6 Å². The molecule has 0 spiro atoms. The molecule has 0 radical (unpaired) electrons. The van der Waals surface area contributed by atoms with Gasteiger partial charge >= 0.3 is 0 Å². The van der Waals surface area contributed by atoms with E-state index < -0.39 is 4.92 Å². The lowest BCUT2D eigenvalue weighted by molar-refractivity contribution is -0.385. The van der Waals surface area contributed by atoms with Crippen molar-refractivity contribution in [2.24, 2.45) is 5.92 Å². The standard InChI is InChI=1S/C13H15ClN2O3/c1-9-3-2-4-11(16(18)19)12(9)13(17)15-6-5-10(7-14)8-15/h2-4,10H,5-8H2,1H3. The highest BCUT2D eigenvalue weighted by Gasteiger charge is 2.31. The van der Waals surface area contributed by atoms with E-state index in [-0.39, 0.29) is 23.1 Å². The molecule has 0 bridgehead atoms. The summed E-state index contributed by atoms with van der Waals surface area (Å²) in [5.41, 5.74) is 0.704. The quantitative estimate of drug-likeness (QED) is 0.486. The van der Waals surface area contributed by atoms with Gasteiger partial charge in [-0.2, -0.15) is 0 Å². The molecule has 0 N–H and O–H groups in total. The Morgan fingerprint density at radius 2 is 2.32 bits per heavy atom. The second kappa shape index (κ2) is 5.57. The highest BCUT2D eigenvalue weighted by molar-refractivity contribution is 6.18. The van der Waals surface area contributed by atoms with Gasteiger partial charge in [-0.15, -0.1) is 11.6 Å². The number of hydrogen-bond acceptors (Lipinski definition) is 3. The number of halogens is 1. The first-order valence-corrected chi connectivity index (χ1v) is 6.67. The first-order chi connectivity index (χ1) is 9.04. The number of aryl methyl sites for hydroxylation is 1. The van der Waals surface area contributed by atoms with Crippen LogP contribution in [-0.4, -0.2) is 34.7 Å². The number of likely N-dealkylation sites (tertiary alicyclic amines) is 1. The first-order valence-electron chi connectivity index (χ1n) is 6.13. The largest absolute Gasteiger partial charge is 0.338 e. The maximum atomic E-state index is 12.4. The van der Waals surface area contributed by atoms with Crippen LogP contribution in [0.4, 0.5) is 5.69 Å². The van der Waals surface area contributed by atoms with Gasteiger partial charge in [0.05, 0.1) is 4.92 Å². The minimum absolute atomic E-state index is 0.126. The number of nitro benzene ring substituents is 1. The Labute approximate surface area is 116 Å². The average Bonchev–Trinajstić information content (AvgIpc) is 2.86. The number of amides is 1. The van der Waals surface area contributed by atoms with Gasteiger partial charge in [-0.25, -0.2) is 0 Å². The summed E-state index contributed by atoms with van der Waals surface area (Å²) in [6.45, 7) is 2.91. The van der Waals surface area contributed by atoms with Crippen molar-refractivity contribution < 1.29 is 9.72 Å². The summed E-state index contributed by atoms with van der Waals surface area (Å²) in [6.07, 6.45) is 0.856. The molecule has 1 aromatic carbocycles. The van der Waals surface area contributed by atoms with Crippen LogP contribution in [0.5, 0.6) is 0 Å². The summed E-state index contributed by atoms with van der Waals surface area (Å²) >= 11 is 5.79. The molecule has 0 aromatic heterocycles. The Kier molecular flexibility index (Phi) is 4.04. The molecule has 1 fully saturated rings. The van der Waals surface area contributed by atoms with Gasteiger partial charge in [0.2, 0.25) is 0 Å². The zero-order valence-corrected chi connectivity index (χ0v) is 11.4. The zero-order chi connectivity index (χ0) is 14.0. The van der Waals surface area contributed by atoms with Crippen LogP contribution in [0.25, 0.3) is 0 Å². The predicted molar refractivity (Wildman–Crippen MR) is 72.6 cm³/mol. The molecule has 1 saturated heterocycles. The number of carbonyl (C=O) groups excluding carboxylic acids is 1. The lowest BCUT2D eigenvalue weighted by Gasteiger charge is -2.17. The molecule has 102 valence electrons.